The zero-order valence-corrected chi connectivity index (χ0v) is 9.94. The van der Waals surface area contributed by atoms with Crippen molar-refractivity contribution in [3.63, 3.8) is 0 Å². The molecule has 0 saturated carbocycles. The van der Waals surface area contributed by atoms with Gasteiger partial charge in [-0.1, -0.05) is 19.8 Å². The Morgan fingerprint density at radius 1 is 1.47 bits per heavy atom. The van der Waals surface area contributed by atoms with Crippen LogP contribution in [0.4, 0.5) is 4.39 Å². The van der Waals surface area contributed by atoms with Crippen molar-refractivity contribution >= 4 is 16.8 Å². The highest BCUT2D eigenvalue weighted by molar-refractivity contribution is 7.88. The van der Waals surface area contributed by atoms with Crippen LogP contribution in [0.15, 0.2) is 11.2 Å². The fourth-order valence-corrected chi connectivity index (χ4v) is 1.81. The summed E-state index contributed by atoms with van der Waals surface area (Å²) < 4.78 is 28.8. The molecule has 0 aromatic rings. The van der Waals surface area contributed by atoms with Gasteiger partial charge in [-0.3, -0.25) is 9.00 Å². The molecular formula is C10H17FO3S. The van der Waals surface area contributed by atoms with Gasteiger partial charge < -0.3 is 4.74 Å². The second-order valence-electron chi connectivity index (χ2n) is 3.07. The molecule has 0 aliphatic heterocycles. The summed E-state index contributed by atoms with van der Waals surface area (Å²) in [5.41, 5.74) is 0. The first-order chi connectivity index (χ1) is 7.07. The maximum atomic E-state index is 13.0. The molecule has 0 spiro atoms. The smallest absolute Gasteiger partial charge is 0.302 e. The van der Waals surface area contributed by atoms with Gasteiger partial charge in [0.25, 0.3) is 0 Å². The Balaban J connectivity index is 3.80. The molecule has 0 fully saturated rings. The molecule has 0 aliphatic carbocycles. The van der Waals surface area contributed by atoms with Crippen molar-refractivity contribution < 1.29 is 18.1 Å². The fraction of sp³-hybridized carbons (Fsp3) is 0.700. The highest BCUT2D eigenvalue weighted by Crippen LogP contribution is 2.07. The molecule has 0 bridgehead atoms. The number of hydrogen-bond acceptors (Lipinski definition) is 3. The Morgan fingerprint density at radius 3 is 2.67 bits per heavy atom. The van der Waals surface area contributed by atoms with Gasteiger partial charge in [0.05, 0.1) is 10.8 Å². The van der Waals surface area contributed by atoms with Crippen molar-refractivity contribution in [3.8, 4) is 0 Å². The maximum absolute atomic E-state index is 13.0. The van der Waals surface area contributed by atoms with Crippen LogP contribution in [0.5, 0.6) is 0 Å². The van der Waals surface area contributed by atoms with Gasteiger partial charge >= 0.3 is 5.97 Å². The quantitative estimate of drug-likeness (QED) is 0.503. The van der Waals surface area contributed by atoms with Crippen LogP contribution in [0.3, 0.4) is 0 Å². The zero-order chi connectivity index (χ0) is 11.7. The summed E-state index contributed by atoms with van der Waals surface area (Å²) in [5.74, 6) is -0.146. The number of halogens is 1. The Bertz CT molecular complexity index is 251. The number of carbonyl (C=O) groups is 1. The van der Waals surface area contributed by atoms with Gasteiger partial charge in [-0.2, -0.15) is 4.39 Å². The number of hydrogen-bond donors (Lipinski definition) is 0. The fourth-order valence-electron chi connectivity index (χ4n) is 0.898. The molecule has 0 heterocycles. The van der Waals surface area contributed by atoms with Crippen LogP contribution in [0.25, 0.3) is 0 Å². The molecule has 0 N–H and O–H groups in total. The topological polar surface area (TPSA) is 43.4 Å². The van der Waals surface area contributed by atoms with Crippen LogP contribution >= 0.6 is 0 Å². The van der Waals surface area contributed by atoms with E-state index in [0.717, 1.165) is 25.3 Å². The predicted octanol–water partition coefficient (Wildman–Crippen LogP) is 2.30. The molecule has 1 unspecified atom stereocenters. The molecule has 5 heteroatoms. The molecular weight excluding hydrogens is 219 g/mol. The first-order valence-corrected chi connectivity index (χ1v) is 6.27. The van der Waals surface area contributed by atoms with E-state index in [1.807, 2.05) is 6.92 Å². The van der Waals surface area contributed by atoms with Gasteiger partial charge in [0, 0.05) is 12.7 Å². The van der Waals surface area contributed by atoms with Gasteiger partial charge in [-0.05, 0) is 12.5 Å². The number of ether oxygens (including phenoxy) is 1. The third-order valence-corrected chi connectivity index (χ3v) is 2.94. The third-order valence-electron chi connectivity index (χ3n) is 1.68. The van der Waals surface area contributed by atoms with Gasteiger partial charge in [-0.15, -0.1) is 0 Å². The van der Waals surface area contributed by atoms with Crippen LogP contribution in [0.2, 0.25) is 0 Å². The molecule has 3 nitrogen and oxygen atoms in total. The van der Waals surface area contributed by atoms with Crippen LogP contribution in [0, 0.1) is 0 Å². The molecule has 15 heavy (non-hydrogen) atoms. The average Bonchev–Trinajstić information content (AvgIpc) is 2.17. The minimum Gasteiger partial charge on any atom is -0.462 e. The van der Waals surface area contributed by atoms with Gasteiger partial charge in [0.1, 0.15) is 6.61 Å². The molecule has 0 saturated heterocycles. The lowest BCUT2D eigenvalue weighted by Gasteiger charge is -1.99. The van der Waals surface area contributed by atoms with Crippen molar-refractivity contribution in [2.45, 2.75) is 33.1 Å². The Kier molecular flexibility index (Phi) is 8.18. The summed E-state index contributed by atoms with van der Waals surface area (Å²) >= 11 is 0. The zero-order valence-electron chi connectivity index (χ0n) is 9.12. The largest absolute Gasteiger partial charge is 0.462 e. The summed E-state index contributed by atoms with van der Waals surface area (Å²) in [6, 6.07) is 0. The summed E-state index contributed by atoms with van der Waals surface area (Å²) in [5, 5.41) is -0.702. The first-order valence-electron chi connectivity index (χ1n) is 4.95. The maximum Gasteiger partial charge on any atom is 0.302 e. The van der Waals surface area contributed by atoms with Crippen LogP contribution in [-0.2, 0) is 20.3 Å². The molecule has 0 aromatic carbocycles. The van der Waals surface area contributed by atoms with E-state index in [0.29, 0.717) is 5.75 Å². The van der Waals surface area contributed by atoms with E-state index < -0.39 is 21.9 Å². The van der Waals surface area contributed by atoms with Crippen molar-refractivity contribution in [1.82, 2.24) is 0 Å². The SMILES string of the molecule is CCCCCS(=O)/C(F)=C/COC(C)=O. The van der Waals surface area contributed by atoms with Gasteiger partial charge in [0.2, 0.25) is 0 Å². The highest BCUT2D eigenvalue weighted by atomic mass is 32.2. The van der Waals surface area contributed by atoms with Crippen LogP contribution < -0.4 is 0 Å². The first kappa shape index (κ1) is 14.3. The third kappa shape index (κ3) is 8.30. The normalized spacial score (nSPS) is 13.7. The van der Waals surface area contributed by atoms with E-state index in [2.05, 4.69) is 4.74 Å². The highest BCUT2D eigenvalue weighted by Gasteiger charge is 2.05. The summed E-state index contributed by atoms with van der Waals surface area (Å²) in [6.45, 7) is 3.11. The van der Waals surface area contributed by atoms with Crippen LogP contribution in [0.1, 0.15) is 33.1 Å². The number of carbonyl (C=O) groups excluding carboxylic acids is 1. The van der Waals surface area contributed by atoms with Crippen molar-refractivity contribution in [2.24, 2.45) is 0 Å². The van der Waals surface area contributed by atoms with E-state index in [1.165, 1.54) is 6.92 Å². The summed E-state index contributed by atoms with van der Waals surface area (Å²) in [4.78, 5) is 10.4. The number of esters is 1. The molecule has 88 valence electrons. The Hall–Kier alpha value is -0.710. The second kappa shape index (κ2) is 8.59. The number of rotatable bonds is 7. The van der Waals surface area contributed by atoms with E-state index in [1.54, 1.807) is 0 Å². The van der Waals surface area contributed by atoms with Crippen LogP contribution in [-0.4, -0.2) is 22.5 Å². The second-order valence-corrected chi connectivity index (χ2v) is 4.56. The van der Waals surface area contributed by atoms with Crippen molar-refractivity contribution in [1.29, 1.82) is 0 Å². The van der Waals surface area contributed by atoms with E-state index in [-0.39, 0.29) is 6.61 Å². The Morgan fingerprint density at radius 2 is 2.13 bits per heavy atom. The molecule has 0 rings (SSSR count). The summed E-state index contributed by atoms with van der Waals surface area (Å²) in [7, 11) is -1.58. The minimum atomic E-state index is -1.58. The van der Waals surface area contributed by atoms with E-state index >= 15 is 0 Å². The lowest BCUT2D eigenvalue weighted by molar-refractivity contribution is -0.139. The van der Waals surface area contributed by atoms with Gasteiger partial charge in [0.15, 0.2) is 5.16 Å². The molecule has 0 aliphatic rings. The lowest BCUT2D eigenvalue weighted by atomic mass is 10.3. The van der Waals surface area contributed by atoms with Gasteiger partial charge in [-0.25, -0.2) is 0 Å². The van der Waals surface area contributed by atoms with Crippen molar-refractivity contribution in [3.05, 3.63) is 11.2 Å². The molecule has 0 amide bonds. The van der Waals surface area contributed by atoms with Crippen molar-refractivity contribution in [2.75, 3.05) is 12.4 Å². The molecule has 1 atom stereocenters. The van der Waals surface area contributed by atoms with E-state index in [9.17, 15) is 13.4 Å². The Labute approximate surface area is 92.1 Å². The molecule has 0 radical (unpaired) electrons. The van der Waals surface area contributed by atoms with E-state index in [4.69, 9.17) is 0 Å². The summed E-state index contributed by atoms with van der Waals surface area (Å²) in [6.07, 6.45) is 3.75. The minimum absolute atomic E-state index is 0.152. The number of unbranched alkanes of at least 4 members (excludes halogenated alkanes) is 2. The average molecular weight is 236 g/mol. The monoisotopic (exact) mass is 236 g/mol. The predicted molar refractivity (Wildman–Crippen MR) is 58.4 cm³/mol. The molecule has 0 aromatic heterocycles. The standard InChI is InChI=1S/C10H17FO3S/c1-3-4-5-8-15(13)10(11)6-7-14-9(2)12/h6H,3-5,7-8H2,1-2H3/b10-6+. The lowest BCUT2D eigenvalue weighted by Crippen LogP contribution is -2.01.